The number of benzene rings is 2. The Bertz CT molecular complexity index is 1070. The molecular formula is C40H65N3O4. The summed E-state index contributed by atoms with van der Waals surface area (Å²) in [6.07, 6.45) is 12.9. The van der Waals surface area contributed by atoms with Gasteiger partial charge in [0.25, 0.3) is 12.4 Å². The van der Waals surface area contributed by atoms with Gasteiger partial charge in [-0.25, -0.2) is 0 Å². The van der Waals surface area contributed by atoms with Crippen LogP contribution in [0.5, 0.6) is 5.75 Å². The lowest BCUT2D eigenvalue weighted by Crippen LogP contribution is -2.49. The molecule has 264 valence electrons. The minimum Gasteiger partial charge on any atom is -0.484 e. The van der Waals surface area contributed by atoms with Gasteiger partial charge in [-0.2, -0.15) is 0 Å². The van der Waals surface area contributed by atoms with E-state index in [2.05, 4.69) is 87.1 Å². The SMILES string of the molecule is CC1CC1N(C(=O)COc1ccccc1)C1CCN(C)CC1.CCC.CCC(CN[C@@H](C)C1CCCCC1)c1ccccc1.O=CO. The molecular weight excluding hydrogens is 586 g/mol. The highest BCUT2D eigenvalue weighted by Crippen LogP contribution is 2.38. The van der Waals surface area contributed by atoms with E-state index in [0.717, 1.165) is 50.6 Å². The van der Waals surface area contributed by atoms with E-state index in [1.54, 1.807) is 0 Å². The molecule has 2 aromatic rings. The van der Waals surface area contributed by atoms with Crippen molar-refractivity contribution in [2.75, 3.05) is 33.3 Å². The van der Waals surface area contributed by atoms with Crippen molar-refractivity contribution in [3.8, 4) is 5.75 Å². The van der Waals surface area contributed by atoms with Crippen LogP contribution in [0.3, 0.4) is 0 Å². The number of hydrogen-bond acceptors (Lipinski definition) is 5. The van der Waals surface area contributed by atoms with Crippen molar-refractivity contribution in [3.63, 3.8) is 0 Å². The predicted octanol–water partition coefficient (Wildman–Crippen LogP) is 8.25. The molecule has 47 heavy (non-hydrogen) atoms. The number of likely N-dealkylation sites (tertiary alicyclic amines) is 1. The fourth-order valence-corrected chi connectivity index (χ4v) is 6.71. The average molecular weight is 652 g/mol. The van der Waals surface area contributed by atoms with E-state index in [-0.39, 0.29) is 19.0 Å². The first-order valence-corrected chi connectivity index (χ1v) is 18.3. The minimum atomic E-state index is -0.250. The largest absolute Gasteiger partial charge is 0.484 e. The lowest BCUT2D eigenvalue weighted by Gasteiger charge is -2.37. The second kappa shape index (κ2) is 23.4. The van der Waals surface area contributed by atoms with Crippen LogP contribution in [0.25, 0.3) is 0 Å². The number of carbonyl (C=O) groups is 2. The third-order valence-electron chi connectivity index (χ3n) is 9.71. The first kappa shape index (κ1) is 40.3. The average Bonchev–Trinajstić information content (AvgIpc) is 3.82. The molecule has 0 aromatic heterocycles. The van der Waals surface area contributed by atoms with Crippen molar-refractivity contribution in [2.24, 2.45) is 11.8 Å². The van der Waals surface area contributed by atoms with Gasteiger partial charge in [-0.05, 0) is 101 Å². The molecule has 7 nitrogen and oxygen atoms in total. The molecule has 2 aliphatic carbocycles. The standard InChI is InChI=1S/C18H26N2O2.C18H29N.C3H8.CH2O2/c1-14-12-17(14)20(15-8-10-19(2)11-9-15)18(21)13-22-16-6-4-3-5-7-16;1-3-16(18-12-8-5-9-13-18)14-19-15(2)17-10-6-4-7-11-17;1-3-2;2-1-3/h3-7,14-15,17H,8-13H2,1-2H3;5,8-9,12-13,15-17,19H,3-4,6-7,10-11,14H2,1-2H3;3H2,1-2H3;1H,(H,2,3)/t;15-,16?;;/m.0../s1. The van der Waals surface area contributed by atoms with Gasteiger partial charge in [-0.3, -0.25) is 9.59 Å². The van der Waals surface area contributed by atoms with E-state index in [4.69, 9.17) is 14.6 Å². The molecule has 4 atom stereocenters. The van der Waals surface area contributed by atoms with Crippen LogP contribution in [-0.4, -0.2) is 78.7 Å². The lowest BCUT2D eigenvalue weighted by molar-refractivity contribution is -0.137. The van der Waals surface area contributed by atoms with Crippen molar-refractivity contribution >= 4 is 12.4 Å². The van der Waals surface area contributed by atoms with Crippen LogP contribution >= 0.6 is 0 Å². The van der Waals surface area contributed by atoms with Crippen LogP contribution < -0.4 is 10.1 Å². The summed E-state index contributed by atoms with van der Waals surface area (Å²) in [6, 6.07) is 22.0. The monoisotopic (exact) mass is 651 g/mol. The number of ether oxygens (including phenoxy) is 1. The van der Waals surface area contributed by atoms with Crippen LogP contribution in [0.2, 0.25) is 0 Å². The van der Waals surface area contributed by atoms with E-state index in [0.29, 0.717) is 30.0 Å². The molecule has 3 unspecified atom stereocenters. The van der Waals surface area contributed by atoms with Gasteiger partial charge in [-0.1, -0.05) is 102 Å². The number of carbonyl (C=O) groups excluding carboxylic acids is 1. The zero-order valence-corrected chi connectivity index (χ0v) is 30.3. The summed E-state index contributed by atoms with van der Waals surface area (Å²) in [4.78, 5) is 25.6. The maximum absolute atomic E-state index is 12.7. The summed E-state index contributed by atoms with van der Waals surface area (Å²) >= 11 is 0. The molecule has 0 spiro atoms. The number of nitrogens with zero attached hydrogens (tertiary/aromatic N) is 2. The van der Waals surface area contributed by atoms with Crippen LogP contribution in [0.1, 0.15) is 110 Å². The lowest BCUT2D eigenvalue weighted by atomic mass is 9.84. The Labute approximate surface area is 286 Å². The van der Waals surface area contributed by atoms with Crippen LogP contribution in [0, 0.1) is 11.8 Å². The molecule has 2 saturated carbocycles. The summed E-state index contributed by atoms with van der Waals surface area (Å²) in [5, 5.41) is 10.7. The summed E-state index contributed by atoms with van der Waals surface area (Å²) in [6.45, 7) is 14.3. The number of piperidine rings is 1. The molecule has 1 saturated heterocycles. The van der Waals surface area contributed by atoms with Gasteiger partial charge in [0.05, 0.1) is 0 Å². The highest BCUT2D eigenvalue weighted by atomic mass is 16.5. The molecule has 7 heteroatoms. The normalized spacial score (nSPS) is 20.8. The van der Waals surface area contributed by atoms with E-state index in [1.807, 2.05) is 30.3 Å². The van der Waals surface area contributed by atoms with E-state index in [1.165, 1.54) is 50.5 Å². The van der Waals surface area contributed by atoms with Gasteiger partial charge in [0.1, 0.15) is 5.75 Å². The Balaban J connectivity index is 0.000000282. The van der Waals surface area contributed by atoms with Gasteiger partial charge in [0.2, 0.25) is 0 Å². The number of para-hydroxylation sites is 1. The van der Waals surface area contributed by atoms with Crippen molar-refractivity contribution < 1.29 is 19.4 Å². The van der Waals surface area contributed by atoms with Crippen molar-refractivity contribution in [3.05, 3.63) is 66.2 Å². The van der Waals surface area contributed by atoms with Crippen molar-refractivity contribution in [2.45, 2.75) is 123 Å². The molecule has 3 aliphatic rings. The third kappa shape index (κ3) is 15.2. The summed E-state index contributed by atoms with van der Waals surface area (Å²) < 4.78 is 5.67. The van der Waals surface area contributed by atoms with Crippen LogP contribution in [0.15, 0.2) is 60.7 Å². The van der Waals surface area contributed by atoms with Crippen LogP contribution in [0.4, 0.5) is 0 Å². The Morgan fingerprint density at radius 2 is 1.51 bits per heavy atom. The molecule has 0 bridgehead atoms. The smallest absolute Gasteiger partial charge is 0.290 e. The van der Waals surface area contributed by atoms with E-state index in [9.17, 15) is 4.79 Å². The Kier molecular flexibility index (Phi) is 20.1. The third-order valence-corrected chi connectivity index (χ3v) is 9.71. The minimum absolute atomic E-state index is 0.146. The van der Waals surface area contributed by atoms with E-state index < -0.39 is 0 Å². The highest BCUT2D eigenvalue weighted by Gasteiger charge is 2.44. The fourth-order valence-electron chi connectivity index (χ4n) is 6.71. The molecule has 1 heterocycles. The fraction of sp³-hybridized carbons (Fsp3) is 0.650. The summed E-state index contributed by atoms with van der Waals surface area (Å²) in [5.74, 6) is 3.12. The molecule has 0 radical (unpaired) electrons. The Morgan fingerprint density at radius 1 is 0.979 bits per heavy atom. The number of amides is 1. The first-order chi connectivity index (χ1) is 22.8. The number of rotatable bonds is 11. The number of carboxylic acid groups (broad SMARTS) is 1. The number of nitrogens with one attached hydrogen (secondary N) is 1. The molecule has 5 rings (SSSR count). The van der Waals surface area contributed by atoms with E-state index >= 15 is 0 Å². The van der Waals surface area contributed by atoms with Gasteiger partial charge in [0, 0.05) is 24.7 Å². The van der Waals surface area contributed by atoms with Crippen molar-refractivity contribution in [1.82, 2.24) is 15.1 Å². The molecule has 1 amide bonds. The molecule has 2 aromatic carbocycles. The Morgan fingerprint density at radius 3 is 2.02 bits per heavy atom. The van der Waals surface area contributed by atoms with Gasteiger partial charge < -0.3 is 25.0 Å². The molecule has 2 N–H and O–H groups in total. The quantitative estimate of drug-likeness (QED) is 0.238. The van der Waals surface area contributed by atoms with Crippen LogP contribution in [-0.2, 0) is 9.59 Å². The molecule has 1 aliphatic heterocycles. The zero-order chi connectivity index (χ0) is 34.4. The maximum atomic E-state index is 12.7. The summed E-state index contributed by atoms with van der Waals surface area (Å²) in [5.41, 5.74) is 1.48. The second-order valence-electron chi connectivity index (χ2n) is 13.6. The second-order valence-corrected chi connectivity index (χ2v) is 13.6. The molecule has 3 fully saturated rings. The zero-order valence-electron chi connectivity index (χ0n) is 30.3. The summed E-state index contributed by atoms with van der Waals surface area (Å²) in [7, 11) is 2.15. The van der Waals surface area contributed by atoms with Gasteiger partial charge >= 0.3 is 0 Å². The Hall–Kier alpha value is -2.90. The first-order valence-electron chi connectivity index (χ1n) is 18.3. The van der Waals surface area contributed by atoms with Gasteiger partial charge in [-0.15, -0.1) is 0 Å². The maximum Gasteiger partial charge on any atom is 0.290 e. The highest BCUT2D eigenvalue weighted by molar-refractivity contribution is 5.79. The van der Waals surface area contributed by atoms with Crippen molar-refractivity contribution in [1.29, 1.82) is 0 Å². The predicted molar refractivity (Wildman–Crippen MR) is 195 cm³/mol. The van der Waals surface area contributed by atoms with Gasteiger partial charge in [0.15, 0.2) is 6.61 Å². The topological polar surface area (TPSA) is 82.1 Å². The number of hydrogen-bond donors (Lipinski definition) is 2.